The van der Waals surface area contributed by atoms with E-state index in [1.165, 1.54) is 0 Å². The number of nitriles is 3. The molecule has 0 bridgehead atoms. The Hall–Kier alpha value is -3.77. The van der Waals surface area contributed by atoms with Crippen molar-refractivity contribution in [2.45, 2.75) is 6.42 Å². The van der Waals surface area contributed by atoms with E-state index in [4.69, 9.17) is 10.5 Å². The van der Waals surface area contributed by atoms with Gasteiger partial charge in [0.25, 0.3) is 5.95 Å². The Morgan fingerprint density at radius 3 is 2.08 bits per heavy atom. The van der Waals surface area contributed by atoms with Gasteiger partial charge in [0.2, 0.25) is 0 Å². The first-order valence-corrected chi connectivity index (χ1v) is 6.63. The van der Waals surface area contributed by atoms with Gasteiger partial charge in [-0.15, -0.1) is 0 Å². The van der Waals surface area contributed by atoms with Crippen LogP contribution in [0.3, 0.4) is 0 Å². The Morgan fingerprint density at radius 1 is 1.04 bits per heavy atom. The van der Waals surface area contributed by atoms with Crippen LogP contribution in [0.4, 0.5) is 0 Å². The van der Waals surface area contributed by atoms with Crippen LogP contribution >= 0.6 is 0 Å². The molecule has 0 fully saturated rings. The Bertz CT molecular complexity index is 743. The van der Waals surface area contributed by atoms with Crippen LogP contribution in [-0.4, -0.2) is 38.4 Å². The molecule has 0 aliphatic rings. The normalized spacial score (nSPS) is 13.3. The highest BCUT2D eigenvalue weighted by Crippen LogP contribution is 2.21. The third kappa shape index (κ3) is 6.47. The molecule has 0 saturated carbocycles. The lowest BCUT2D eigenvalue weighted by atomic mass is 9.93. The van der Waals surface area contributed by atoms with Crippen LogP contribution in [0.1, 0.15) is 6.42 Å². The van der Waals surface area contributed by atoms with E-state index in [2.05, 4.69) is 14.2 Å². The topological polar surface area (TPSA) is 153 Å². The van der Waals surface area contributed by atoms with Crippen molar-refractivity contribution in [2.75, 3.05) is 21.3 Å². The molecule has 9 heteroatoms. The van der Waals surface area contributed by atoms with Crippen LogP contribution in [0.25, 0.3) is 0 Å². The molecule has 0 aliphatic carbocycles. The molecular weight excluding hydrogens is 330 g/mol. The summed E-state index contributed by atoms with van der Waals surface area (Å²) in [6, 6.07) is 5.04. The quantitative estimate of drug-likeness (QED) is 0.235. The van der Waals surface area contributed by atoms with Crippen molar-refractivity contribution in [3.8, 4) is 18.2 Å². The summed E-state index contributed by atoms with van der Waals surface area (Å²) >= 11 is 0. The minimum atomic E-state index is -1.16. The standard InChI is InChI=1S/C16H15N3O6/c1-23-14(20)6-11(7-17)10(4-12(8-18)15(21)24-2)5-13(9-19)16(22)25-3/h4-5,11,21H,6H2,1-3H3/b10-4-,13-5-,15-12?/t11-/m0/s1. The Morgan fingerprint density at radius 2 is 1.68 bits per heavy atom. The predicted molar refractivity (Wildman–Crippen MR) is 81.8 cm³/mol. The molecule has 25 heavy (non-hydrogen) atoms. The van der Waals surface area contributed by atoms with Crippen LogP contribution in [0.5, 0.6) is 0 Å². The van der Waals surface area contributed by atoms with E-state index in [1.54, 1.807) is 12.1 Å². The molecule has 0 amide bonds. The molecule has 130 valence electrons. The van der Waals surface area contributed by atoms with Gasteiger partial charge in [0.15, 0.2) is 0 Å². The van der Waals surface area contributed by atoms with Gasteiger partial charge in [0.05, 0.1) is 39.7 Å². The summed E-state index contributed by atoms with van der Waals surface area (Å²) in [5.41, 5.74) is -0.899. The van der Waals surface area contributed by atoms with E-state index >= 15 is 0 Å². The lowest BCUT2D eigenvalue weighted by molar-refractivity contribution is -0.141. The Labute approximate surface area is 144 Å². The third-order valence-electron chi connectivity index (χ3n) is 2.85. The number of hydrogen-bond acceptors (Lipinski definition) is 9. The molecule has 0 spiro atoms. The maximum atomic E-state index is 11.5. The SMILES string of the molecule is COC(=O)C[C@@H](C#N)C(/C=C(/C#N)C(=O)OC)=C\C(C#N)=C(O)OC. The van der Waals surface area contributed by atoms with Gasteiger partial charge in [-0.1, -0.05) is 0 Å². The molecule has 0 heterocycles. The predicted octanol–water partition coefficient (Wildman–Crippen LogP) is 1.18. The maximum absolute atomic E-state index is 11.5. The molecule has 0 unspecified atom stereocenters. The summed E-state index contributed by atoms with van der Waals surface area (Å²) in [5.74, 6) is -3.59. The lowest BCUT2D eigenvalue weighted by Gasteiger charge is -2.10. The molecule has 0 aromatic carbocycles. The Balaban J connectivity index is 6.34. The highest BCUT2D eigenvalue weighted by Gasteiger charge is 2.21. The average molecular weight is 345 g/mol. The molecule has 0 saturated heterocycles. The Kier molecular flexibility index (Phi) is 9.23. The number of carbonyl (C=O) groups is 2. The van der Waals surface area contributed by atoms with Crippen molar-refractivity contribution in [3.05, 3.63) is 34.8 Å². The van der Waals surface area contributed by atoms with Crippen molar-refractivity contribution in [2.24, 2.45) is 5.92 Å². The van der Waals surface area contributed by atoms with Crippen LogP contribution < -0.4 is 0 Å². The van der Waals surface area contributed by atoms with E-state index in [0.717, 1.165) is 33.5 Å². The summed E-state index contributed by atoms with van der Waals surface area (Å²) in [7, 11) is 3.30. The smallest absolute Gasteiger partial charge is 0.348 e. The highest BCUT2D eigenvalue weighted by molar-refractivity contribution is 5.93. The number of esters is 2. The molecule has 0 radical (unpaired) electrons. The van der Waals surface area contributed by atoms with Gasteiger partial charge in [-0.25, -0.2) is 4.79 Å². The second-order valence-corrected chi connectivity index (χ2v) is 4.30. The van der Waals surface area contributed by atoms with Gasteiger partial charge in [-0.2, -0.15) is 15.8 Å². The first-order valence-electron chi connectivity index (χ1n) is 6.63. The van der Waals surface area contributed by atoms with Gasteiger partial charge >= 0.3 is 11.9 Å². The number of aliphatic hydroxyl groups excluding tert-OH is 1. The van der Waals surface area contributed by atoms with E-state index in [-0.39, 0.29) is 11.1 Å². The largest absolute Gasteiger partial charge is 0.480 e. The molecule has 0 rings (SSSR count). The van der Waals surface area contributed by atoms with Crippen molar-refractivity contribution < 1.29 is 28.9 Å². The number of methoxy groups -OCH3 is 3. The van der Waals surface area contributed by atoms with E-state index in [0.29, 0.717) is 0 Å². The molecule has 0 aromatic rings. The molecule has 1 N–H and O–H groups in total. The maximum Gasteiger partial charge on any atom is 0.348 e. The lowest BCUT2D eigenvalue weighted by Crippen LogP contribution is -2.12. The second kappa shape index (κ2) is 10.9. The summed E-state index contributed by atoms with van der Waals surface area (Å²) in [4.78, 5) is 23.0. The second-order valence-electron chi connectivity index (χ2n) is 4.30. The molecule has 9 nitrogen and oxygen atoms in total. The number of carbonyl (C=O) groups excluding carboxylic acids is 2. The van der Waals surface area contributed by atoms with Gasteiger partial charge < -0.3 is 19.3 Å². The number of nitrogens with zero attached hydrogens (tertiary/aromatic N) is 3. The monoisotopic (exact) mass is 345 g/mol. The fraction of sp³-hybridized carbons (Fsp3) is 0.312. The minimum Gasteiger partial charge on any atom is -0.480 e. The number of rotatable bonds is 7. The molecule has 0 aliphatic heterocycles. The fourth-order valence-electron chi connectivity index (χ4n) is 1.56. The summed E-state index contributed by atoms with van der Waals surface area (Å²) in [6.07, 6.45) is 1.61. The summed E-state index contributed by atoms with van der Waals surface area (Å²) < 4.78 is 13.5. The first-order chi connectivity index (χ1) is 11.9. The number of aliphatic hydroxyl groups is 1. The number of ether oxygens (including phenoxy) is 3. The molecular formula is C16H15N3O6. The van der Waals surface area contributed by atoms with Crippen molar-refractivity contribution in [1.29, 1.82) is 15.8 Å². The van der Waals surface area contributed by atoms with E-state index in [1.807, 2.05) is 6.07 Å². The van der Waals surface area contributed by atoms with Crippen LogP contribution in [0.15, 0.2) is 34.8 Å². The summed E-state index contributed by atoms with van der Waals surface area (Å²) in [6.45, 7) is 0. The zero-order valence-electron chi connectivity index (χ0n) is 13.8. The van der Waals surface area contributed by atoms with Crippen LogP contribution in [-0.2, 0) is 23.8 Å². The molecule has 0 aromatic heterocycles. The fourth-order valence-corrected chi connectivity index (χ4v) is 1.56. The van der Waals surface area contributed by atoms with Gasteiger partial charge in [0, 0.05) is 0 Å². The number of hydrogen-bond donors (Lipinski definition) is 1. The van der Waals surface area contributed by atoms with Crippen LogP contribution in [0, 0.1) is 39.9 Å². The van der Waals surface area contributed by atoms with E-state index < -0.39 is 35.8 Å². The summed E-state index contributed by atoms with van der Waals surface area (Å²) in [5, 5.41) is 36.9. The highest BCUT2D eigenvalue weighted by atomic mass is 16.6. The van der Waals surface area contributed by atoms with Crippen LogP contribution in [0.2, 0.25) is 0 Å². The van der Waals surface area contributed by atoms with Crippen molar-refractivity contribution in [1.82, 2.24) is 0 Å². The third-order valence-corrected chi connectivity index (χ3v) is 2.85. The molecule has 1 atom stereocenters. The van der Waals surface area contributed by atoms with Gasteiger partial charge in [-0.3, -0.25) is 4.79 Å². The van der Waals surface area contributed by atoms with Crippen molar-refractivity contribution in [3.63, 3.8) is 0 Å². The van der Waals surface area contributed by atoms with Gasteiger partial charge in [0.1, 0.15) is 23.3 Å². The average Bonchev–Trinajstić information content (AvgIpc) is 2.65. The van der Waals surface area contributed by atoms with E-state index in [9.17, 15) is 20.0 Å². The minimum absolute atomic E-state index is 0.0602. The van der Waals surface area contributed by atoms with Crippen molar-refractivity contribution >= 4 is 11.9 Å². The zero-order valence-corrected chi connectivity index (χ0v) is 13.8. The first kappa shape index (κ1) is 21.2. The number of allylic oxidation sites excluding steroid dienone is 4. The van der Waals surface area contributed by atoms with Gasteiger partial charge in [-0.05, 0) is 17.7 Å². The zero-order chi connectivity index (χ0) is 19.4.